The van der Waals surface area contributed by atoms with Crippen molar-refractivity contribution in [2.75, 3.05) is 0 Å². The first kappa shape index (κ1) is 14.4. The summed E-state index contributed by atoms with van der Waals surface area (Å²) in [6, 6.07) is 4.71. The summed E-state index contributed by atoms with van der Waals surface area (Å²) in [6.07, 6.45) is 11.4. The van der Waals surface area contributed by atoms with Crippen molar-refractivity contribution >= 4 is 0 Å². The smallest absolute Gasteiger partial charge is 0.0669 e. The maximum Gasteiger partial charge on any atom is 0.0669 e. The zero-order valence-corrected chi connectivity index (χ0v) is 12.1. The van der Waals surface area contributed by atoms with Crippen LogP contribution in [-0.2, 0) is 0 Å². The molecule has 19 heavy (non-hydrogen) atoms. The van der Waals surface area contributed by atoms with Crippen LogP contribution < -0.4 is 0 Å². The highest BCUT2D eigenvalue weighted by molar-refractivity contribution is 5.02. The number of hydrogen-bond acceptors (Lipinski definition) is 2. The number of nitriles is 2. The van der Waals surface area contributed by atoms with Crippen LogP contribution in [0.5, 0.6) is 0 Å². The molecular formula is C17H26N2. The Balaban J connectivity index is 1.84. The quantitative estimate of drug-likeness (QED) is 0.738. The Kier molecular flexibility index (Phi) is 5.26. The predicted molar refractivity (Wildman–Crippen MR) is 75.9 cm³/mol. The third kappa shape index (κ3) is 3.50. The zero-order chi connectivity index (χ0) is 13.7. The Morgan fingerprint density at radius 3 is 2.05 bits per heavy atom. The van der Waals surface area contributed by atoms with Crippen LogP contribution in [0.1, 0.15) is 64.7 Å². The van der Waals surface area contributed by atoms with Gasteiger partial charge in [-0.05, 0) is 49.9 Å². The van der Waals surface area contributed by atoms with E-state index in [0.717, 1.165) is 30.6 Å². The van der Waals surface area contributed by atoms with Gasteiger partial charge >= 0.3 is 0 Å². The van der Waals surface area contributed by atoms with Gasteiger partial charge in [0.15, 0.2) is 0 Å². The second-order valence-corrected chi connectivity index (χ2v) is 6.61. The minimum absolute atomic E-state index is 0.00215. The van der Waals surface area contributed by atoms with Crippen molar-refractivity contribution in [2.45, 2.75) is 64.7 Å². The largest absolute Gasteiger partial charge is 0.198 e. The van der Waals surface area contributed by atoms with Crippen LogP contribution in [0.25, 0.3) is 0 Å². The topological polar surface area (TPSA) is 47.6 Å². The van der Waals surface area contributed by atoms with Gasteiger partial charge in [-0.25, -0.2) is 0 Å². The van der Waals surface area contributed by atoms with Crippen molar-refractivity contribution in [1.82, 2.24) is 0 Å². The summed E-state index contributed by atoms with van der Waals surface area (Å²) < 4.78 is 0. The van der Waals surface area contributed by atoms with E-state index in [1.165, 1.54) is 44.9 Å². The Morgan fingerprint density at radius 2 is 1.47 bits per heavy atom. The van der Waals surface area contributed by atoms with Crippen LogP contribution in [-0.4, -0.2) is 0 Å². The van der Waals surface area contributed by atoms with Crippen molar-refractivity contribution in [3.8, 4) is 12.1 Å². The third-order valence-corrected chi connectivity index (χ3v) is 5.48. The van der Waals surface area contributed by atoms with Crippen LogP contribution in [0.3, 0.4) is 0 Å². The lowest BCUT2D eigenvalue weighted by atomic mass is 9.66. The number of hydrogen-bond donors (Lipinski definition) is 0. The standard InChI is InChI=1S/C17H26N2/c1-2-3-13-4-6-14(7-5-13)15-8-9-16(11-18)17(10-15)12-19/h13-17H,2-10H2,1H3. The van der Waals surface area contributed by atoms with Gasteiger partial charge in [-0.15, -0.1) is 0 Å². The van der Waals surface area contributed by atoms with Gasteiger partial charge in [0.1, 0.15) is 0 Å². The first-order valence-corrected chi connectivity index (χ1v) is 8.07. The Bertz CT molecular complexity index is 354. The lowest BCUT2D eigenvalue weighted by Gasteiger charge is -2.38. The lowest BCUT2D eigenvalue weighted by molar-refractivity contribution is 0.136. The van der Waals surface area contributed by atoms with Gasteiger partial charge in [-0.2, -0.15) is 10.5 Å². The Labute approximate surface area is 117 Å². The molecule has 3 unspecified atom stereocenters. The molecule has 0 aromatic carbocycles. The highest BCUT2D eigenvalue weighted by Gasteiger charge is 2.35. The van der Waals surface area contributed by atoms with Gasteiger partial charge in [0, 0.05) is 0 Å². The molecule has 0 amide bonds. The molecule has 0 spiro atoms. The highest BCUT2D eigenvalue weighted by Crippen LogP contribution is 2.43. The maximum absolute atomic E-state index is 9.22. The minimum atomic E-state index is -0.00267. The van der Waals surface area contributed by atoms with E-state index in [1.54, 1.807) is 0 Å². The summed E-state index contributed by atoms with van der Waals surface area (Å²) in [7, 11) is 0. The monoisotopic (exact) mass is 258 g/mol. The van der Waals surface area contributed by atoms with Crippen molar-refractivity contribution in [2.24, 2.45) is 29.6 Å². The number of nitrogens with zero attached hydrogens (tertiary/aromatic N) is 2. The van der Waals surface area contributed by atoms with E-state index >= 15 is 0 Å². The van der Waals surface area contributed by atoms with Gasteiger partial charge in [0.05, 0.1) is 24.0 Å². The van der Waals surface area contributed by atoms with Crippen LogP contribution >= 0.6 is 0 Å². The molecule has 3 atom stereocenters. The molecule has 2 saturated carbocycles. The molecule has 0 bridgehead atoms. The Hall–Kier alpha value is -1.02. The summed E-state index contributed by atoms with van der Waals surface area (Å²) in [6.45, 7) is 2.28. The molecule has 0 saturated heterocycles. The van der Waals surface area contributed by atoms with E-state index in [0.29, 0.717) is 0 Å². The minimum Gasteiger partial charge on any atom is -0.198 e. The van der Waals surface area contributed by atoms with Crippen LogP contribution in [0.15, 0.2) is 0 Å². The molecule has 2 nitrogen and oxygen atoms in total. The van der Waals surface area contributed by atoms with Crippen molar-refractivity contribution in [1.29, 1.82) is 10.5 Å². The fraction of sp³-hybridized carbons (Fsp3) is 0.882. The normalized spacial score (nSPS) is 39.2. The summed E-state index contributed by atoms with van der Waals surface area (Å²) in [5, 5.41) is 18.3. The van der Waals surface area contributed by atoms with Crippen LogP contribution in [0.4, 0.5) is 0 Å². The van der Waals surface area contributed by atoms with E-state index in [1.807, 2.05) is 0 Å². The van der Waals surface area contributed by atoms with Crippen molar-refractivity contribution in [3.63, 3.8) is 0 Å². The lowest BCUT2D eigenvalue weighted by Crippen LogP contribution is -2.30. The predicted octanol–water partition coefficient (Wildman–Crippen LogP) is 4.67. The van der Waals surface area contributed by atoms with Gasteiger partial charge < -0.3 is 0 Å². The summed E-state index contributed by atoms with van der Waals surface area (Å²) in [4.78, 5) is 0. The van der Waals surface area contributed by atoms with Crippen LogP contribution in [0.2, 0.25) is 0 Å². The Morgan fingerprint density at radius 1 is 0.842 bits per heavy atom. The molecule has 0 heterocycles. The molecule has 0 radical (unpaired) electrons. The molecule has 2 aliphatic rings. The third-order valence-electron chi connectivity index (χ3n) is 5.48. The van der Waals surface area contributed by atoms with Gasteiger partial charge in [0.25, 0.3) is 0 Å². The first-order chi connectivity index (χ1) is 9.28. The average molecular weight is 258 g/mol. The molecule has 0 aromatic heterocycles. The maximum atomic E-state index is 9.22. The second-order valence-electron chi connectivity index (χ2n) is 6.61. The molecule has 0 N–H and O–H groups in total. The molecule has 2 aliphatic carbocycles. The summed E-state index contributed by atoms with van der Waals surface area (Å²) >= 11 is 0. The van der Waals surface area contributed by atoms with Gasteiger partial charge in [-0.1, -0.05) is 32.6 Å². The SMILES string of the molecule is CCCC1CCC(C2CCC(C#N)C(C#N)C2)CC1. The molecule has 2 heteroatoms. The van der Waals surface area contributed by atoms with Crippen LogP contribution in [0, 0.1) is 52.3 Å². The second kappa shape index (κ2) is 6.95. The van der Waals surface area contributed by atoms with Crippen molar-refractivity contribution < 1.29 is 0 Å². The number of rotatable bonds is 3. The van der Waals surface area contributed by atoms with Gasteiger partial charge in [-0.3, -0.25) is 0 Å². The fourth-order valence-electron chi connectivity index (χ4n) is 4.29. The zero-order valence-electron chi connectivity index (χ0n) is 12.1. The van der Waals surface area contributed by atoms with E-state index < -0.39 is 0 Å². The van der Waals surface area contributed by atoms with E-state index in [4.69, 9.17) is 5.26 Å². The van der Waals surface area contributed by atoms with E-state index in [9.17, 15) is 5.26 Å². The highest BCUT2D eigenvalue weighted by atomic mass is 14.4. The molecule has 104 valence electrons. The molecule has 0 aliphatic heterocycles. The average Bonchev–Trinajstić information content (AvgIpc) is 2.47. The molecule has 2 rings (SSSR count). The fourth-order valence-corrected chi connectivity index (χ4v) is 4.29. The first-order valence-electron chi connectivity index (χ1n) is 8.07. The molecule has 2 fully saturated rings. The summed E-state index contributed by atoms with van der Waals surface area (Å²) in [5.74, 6) is 2.51. The van der Waals surface area contributed by atoms with Crippen molar-refractivity contribution in [3.05, 3.63) is 0 Å². The molecule has 0 aromatic rings. The summed E-state index contributed by atoms with van der Waals surface area (Å²) in [5.41, 5.74) is 0. The molecular weight excluding hydrogens is 232 g/mol. The van der Waals surface area contributed by atoms with E-state index in [-0.39, 0.29) is 11.8 Å². The van der Waals surface area contributed by atoms with Gasteiger partial charge in [0.2, 0.25) is 0 Å². The van der Waals surface area contributed by atoms with E-state index in [2.05, 4.69) is 19.1 Å².